The van der Waals surface area contributed by atoms with E-state index < -0.39 is 0 Å². The highest BCUT2D eigenvalue weighted by Crippen LogP contribution is 2.51. The molecule has 1 N–H and O–H groups in total. The predicted molar refractivity (Wildman–Crippen MR) is 118 cm³/mol. The van der Waals surface area contributed by atoms with Crippen molar-refractivity contribution in [3.63, 3.8) is 0 Å². The summed E-state index contributed by atoms with van der Waals surface area (Å²) in [7, 11) is 0. The second-order valence-electron chi connectivity index (χ2n) is 9.09. The molecule has 0 aromatic heterocycles. The van der Waals surface area contributed by atoms with Gasteiger partial charge in [0, 0.05) is 5.56 Å². The van der Waals surface area contributed by atoms with Gasteiger partial charge in [-0.15, -0.1) is 0 Å². The molecule has 0 aliphatic heterocycles. The van der Waals surface area contributed by atoms with E-state index in [1.54, 1.807) is 0 Å². The predicted octanol–water partition coefficient (Wildman–Crippen LogP) is 6.77. The molecule has 28 heavy (non-hydrogen) atoms. The van der Waals surface area contributed by atoms with Gasteiger partial charge in [-0.3, -0.25) is 4.79 Å². The Labute approximate surface area is 170 Å². The zero-order valence-corrected chi connectivity index (χ0v) is 17.9. The highest BCUT2D eigenvalue weighted by Gasteiger charge is 2.42. The molecule has 2 aromatic carbocycles. The van der Waals surface area contributed by atoms with E-state index in [0.29, 0.717) is 5.92 Å². The first-order valence-electron chi connectivity index (χ1n) is 10.8. The summed E-state index contributed by atoms with van der Waals surface area (Å²) in [5, 5.41) is 3.50. The summed E-state index contributed by atoms with van der Waals surface area (Å²) in [6.45, 7) is 8.66. The van der Waals surface area contributed by atoms with Crippen LogP contribution in [0.4, 0.5) is 0 Å². The summed E-state index contributed by atoms with van der Waals surface area (Å²) in [6.07, 6.45) is 7.32. The molecule has 0 heterocycles. The van der Waals surface area contributed by atoms with Crippen LogP contribution in [0.1, 0.15) is 85.5 Å². The van der Waals surface area contributed by atoms with Crippen molar-refractivity contribution in [3.8, 4) is 0 Å². The molecule has 2 aromatic rings. The summed E-state index contributed by atoms with van der Waals surface area (Å²) in [5.74, 6) is 0.753. The van der Waals surface area contributed by atoms with E-state index >= 15 is 0 Å². The van der Waals surface area contributed by atoms with E-state index in [9.17, 15) is 4.79 Å². The van der Waals surface area contributed by atoms with Gasteiger partial charge in [0.05, 0.1) is 6.04 Å². The van der Waals surface area contributed by atoms with Crippen LogP contribution in [0, 0.1) is 25.2 Å². The van der Waals surface area contributed by atoms with Crippen molar-refractivity contribution in [1.29, 1.82) is 0 Å². The van der Waals surface area contributed by atoms with Crippen LogP contribution in [0.5, 0.6) is 0 Å². The first-order valence-corrected chi connectivity index (χ1v) is 10.8. The molecule has 2 nitrogen and oxygen atoms in total. The smallest absolute Gasteiger partial charge is 0.252 e. The van der Waals surface area contributed by atoms with Crippen molar-refractivity contribution < 1.29 is 4.79 Å². The maximum absolute atomic E-state index is 13.4. The molecule has 0 saturated heterocycles. The van der Waals surface area contributed by atoms with Gasteiger partial charge < -0.3 is 5.32 Å². The van der Waals surface area contributed by atoms with Gasteiger partial charge in [-0.2, -0.15) is 0 Å². The van der Waals surface area contributed by atoms with Gasteiger partial charge in [-0.1, -0.05) is 81.6 Å². The summed E-state index contributed by atoms with van der Waals surface area (Å²) >= 11 is 0. The Bertz CT molecular complexity index is 767. The first kappa shape index (κ1) is 20.6. The minimum absolute atomic E-state index is 0.0697. The average Bonchev–Trinajstić information content (AvgIpc) is 3.15. The minimum atomic E-state index is 0.0697. The van der Waals surface area contributed by atoms with Gasteiger partial charge in [-0.25, -0.2) is 0 Å². The third kappa shape index (κ3) is 4.48. The molecule has 0 bridgehead atoms. The molecule has 1 aliphatic carbocycles. The lowest BCUT2D eigenvalue weighted by Crippen LogP contribution is -2.40. The number of rotatable bonds is 7. The maximum Gasteiger partial charge on any atom is 0.252 e. The van der Waals surface area contributed by atoms with Crippen molar-refractivity contribution in [3.05, 3.63) is 70.8 Å². The van der Waals surface area contributed by atoms with Gasteiger partial charge in [0.15, 0.2) is 0 Å². The van der Waals surface area contributed by atoms with E-state index in [-0.39, 0.29) is 17.4 Å². The maximum atomic E-state index is 13.4. The Kier molecular flexibility index (Phi) is 6.59. The van der Waals surface area contributed by atoms with Crippen LogP contribution in [-0.2, 0) is 0 Å². The quantitative estimate of drug-likeness (QED) is 0.566. The van der Waals surface area contributed by atoms with Crippen molar-refractivity contribution in [1.82, 2.24) is 5.32 Å². The lowest BCUT2D eigenvalue weighted by Gasteiger charge is -2.39. The number of hydrogen-bond acceptors (Lipinski definition) is 1. The number of nitrogens with one attached hydrogen (secondary N) is 1. The average molecular weight is 378 g/mol. The largest absolute Gasteiger partial charge is 0.345 e. The van der Waals surface area contributed by atoms with Crippen molar-refractivity contribution >= 4 is 5.91 Å². The molecule has 0 radical (unpaired) electrons. The van der Waals surface area contributed by atoms with E-state index in [4.69, 9.17) is 0 Å². The number of carbonyl (C=O) groups excluding carboxylic acids is 1. The molecule has 2 heteroatoms. The molecule has 1 unspecified atom stereocenters. The third-order valence-electron chi connectivity index (χ3n) is 6.55. The number of aryl methyl sites for hydroxylation is 2. The first-order chi connectivity index (χ1) is 13.4. The molecule has 0 spiro atoms. The summed E-state index contributed by atoms with van der Waals surface area (Å²) < 4.78 is 0. The van der Waals surface area contributed by atoms with Crippen LogP contribution in [0.3, 0.4) is 0 Å². The molecule has 3 rings (SSSR count). The van der Waals surface area contributed by atoms with Crippen LogP contribution >= 0.6 is 0 Å². The lowest BCUT2D eigenvalue weighted by molar-refractivity contribution is 0.0856. The van der Waals surface area contributed by atoms with Gasteiger partial charge in [-0.05, 0) is 61.1 Å². The fourth-order valence-electron chi connectivity index (χ4n) is 4.95. The van der Waals surface area contributed by atoms with Gasteiger partial charge in [0.2, 0.25) is 0 Å². The summed E-state index contributed by atoms with van der Waals surface area (Å²) in [6, 6.07) is 16.8. The molecule has 1 atom stereocenters. The summed E-state index contributed by atoms with van der Waals surface area (Å²) in [4.78, 5) is 13.4. The monoisotopic (exact) mass is 377 g/mol. The number of amides is 1. The van der Waals surface area contributed by atoms with Crippen LogP contribution in [-0.4, -0.2) is 5.91 Å². The highest BCUT2D eigenvalue weighted by atomic mass is 16.1. The minimum Gasteiger partial charge on any atom is -0.345 e. The molecular formula is C26H35NO. The zero-order valence-electron chi connectivity index (χ0n) is 17.9. The van der Waals surface area contributed by atoms with E-state index in [2.05, 4.69) is 49.5 Å². The standard InChI is InChI=1S/C26H35NO/c1-19(2)15-18-26(16-8-9-17-26)24(22-13-6-5-7-14-22)27-25(28)23-20(3)11-10-12-21(23)4/h5-7,10-14,19,24H,8-9,15-18H2,1-4H3,(H,27,28). The Morgan fingerprint density at radius 1 is 0.964 bits per heavy atom. The van der Waals surface area contributed by atoms with E-state index in [1.165, 1.54) is 44.1 Å². The van der Waals surface area contributed by atoms with Crippen LogP contribution in [0.2, 0.25) is 0 Å². The molecule has 1 aliphatic rings. The topological polar surface area (TPSA) is 29.1 Å². The summed E-state index contributed by atoms with van der Waals surface area (Å²) in [5.41, 5.74) is 4.34. The molecular weight excluding hydrogens is 342 g/mol. The second-order valence-corrected chi connectivity index (χ2v) is 9.09. The Morgan fingerprint density at radius 3 is 2.14 bits per heavy atom. The van der Waals surface area contributed by atoms with Crippen molar-refractivity contribution in [2.24, 2.45) is 11.3 Å². The molecule has 150 valence electrons. The second kappa shape index (κ2) is 8.94. The van der Waals surface area contributed by atoms with Gasteiger partial charge in [0.25, 0.3) is 5.91 Å². The van der Waals surface area contributed by atoms with E-state index in [0.717, 1.165) is 16.7 Å². The van der Waals surface area contributed by atoms with Gasteiger partial charge >= 0.3 is 0 Å². The Hall–Kier alpha value is -2.09. The zero-order chi connectivity index (χ0) is 20.1. The fraction of sp³-hybridized carbons (Fsp3) is 0.500. The highest BCUT2D eigenvalue weighted by molar-refractivity contribution is 5.97. The normalized spacial score (nSPS) is 16.9. The Balaban J connectivity index is 1.96. The number of carbonyl (C=O) groups is 1. The Morgan fingerprint density at radius 2 is 1.57 bits per heavy atom. The van der Waals surface area contributed by atoms with Crippen molar-refractivity contribution in [2.45, 2.75) is 72.3 Å². The lowest BCUT2D eigenvalue weighted by atomic mass is 9.71. The van der Waals surface area contributed by atoms with E-state index in [1.807, 2.05) is 32.0 Å². The third-order valence-corrected chi connectivity index (χ3v) is 6.55. The molecule has 1 saturated carbocycles. The van der Waals surface area contributed by atoms with Gasteiger partial charge in [0.1, 0.15) is 0 Å². The fourth-order valence-corrected chi connectivity index (χ4v) is 4.95. The molecule has 1 amide bonds. The number of hydrogen-bond donors (Lipinski definition) is 1. The number of benzene rings is 2. The van der Waals surface area contributed by atoms with Crippen LogP contribution in [0.15, 0.2) is 48.5 Å². The van der Waals surface area contributed by atoms with Crippen LogP contribution in [0.25, 0.3) is 0 Å². The molecule has 1 fully saturated rings. The SMILES string of the molecule is Cc1cccc(C)c1C(=O)NC(c1ccccc1)C1(CCC(C)C)CCCC1. The van der Waals surface area contributed by atoms with Crippen LogP contribution < -0.4 is 5.32 Å². The van der Waals surface area contributed by atoms with Crippen molar-refractivity contribution in [2.75, 3.05) is 0 Å².